The van der Waals surface area contributed by atoms with E-state index in [9.17, 15) is 0 Å². The third kappa shape index (κ3) is 3.67. The van der Waals surface area contributed by atoms with Crippen molar-refractivity contribution in [3.05, 3.63) is 12.2 Å². The van der Waals surface area contributed by atoms with E-state index in [-0.39, 0.29) is 6.61 Å². The molecule has 0 aliphatic rings. The van der Waals surface area contributed by atoms with Gasteiger partial charge in [0.2, 0.25) is 0 Å². The summed E-state index contributed by atoms with van der Waals surface area (Å²) in [6.45, 7) is 5.46. The summed E-state index contributed by atoms with van der Waals surface area (Å²) in [6.07, 6.45) is 1.59. The maximum Gasteiger partial charge on any atom is 0.138 e. The van der Waals surface area contributed by atoms with Crippen molar-refractivity contribution in [2.24, 2.45) is 5.92 Å². The molecule has 0 fully saturated rings. The molecule has 0 aliphatic carbocycles. The molecule has 0 bridgehead atoms. The first-order valence-electron chi connectivity index (χ1n) is 4.79. The fourth-order valence-corrected chi connectivity index (χ4v) is 1.81. The summed E-state index contributed by atoms with van der Waals surface area (Å²) < 4.78 is 1.94. The first-order chi connectivity index (χ1) is 6.74. The summed E-state index contributed by atoms with van der Waals surface area (Å²) in [4.78, 5) is 4.19. The second-order valence-electron chi connectivity index (χ2n) is 3.53. The van der Waals surface area contributed by atoms with Gasteiger partial charge in [-0.15, -0.1) is 0 Å². The molecule has 0 radical (unpaired) electrons. The molecular formula is C9H17N3OS. The molecule has 1 rings (SSSR count). The summed E-state index contributed by atoms with van der Waals surface area (Å²) in [5.74, 6) is 3.16. The first kappa shape index (κ1) is 11.5. The Morgan fingerprint density at radius 3 is 3.00 bits per heavy atom. The molecule has 80 valence electrons. The molecule has 5 heteroatoms. The van der Waals surface area contributed by atoms with E-state index in [2.05, 4.69) is 23.9 Å². The normalized spacial score (nSPS) is 11.1. The number of aromatic nitrogens is 3. The van der Waals surface area contributed by atoms with Crippen LogP contribution in [0.4, 0.5) is 0 Å². The van der Waals surface area contributed by atoms with Crippen molar-refractivity contribution < 1.29 is 5.11 Å². The lowest BCUT2D eigenvalue weighted by molar-refractivity contribution is 0.322. The zero-order chi connectivity index (χ0) is 10.4. The van der Waals surface area contributed by atoms with Crippen LogP contribution in [0.1, 0.15) is 19.7 Å². The number of hydrogen-bond acceptors (Lipinski definition) is 4. The van der Waals surface area contributed by atoms with E-state index in [1.807, 2.05) is 4.68 Å². The Kier molecular flexibility index (Phi) is 4.97. The smallest absolute Gasteiger partial charge is 0.138 e. The topological polar surface area (TPSA) is 50.9 Å². The van der Waals surface area contributed by atoms with Crippen molar-refractivity contribution in [2.45, 2.75) is 26.1 Å². The zero-order valence-electron chi connectivity index (χ0n) is 8.68. The van der Waals surface area contributed by atoms with Crippen LogP contribution >= 0.6 is 11.8 Å². The van der Waals surface area contributed by atoms with Crippen molar-refractivity contribution in [1.82, 2.24) is 14.8 Å². The van der Waals surface area contributed by atoms with Gasteiger partial charge in [-0.1, -0.05) is 13.8 Å². The van der Waals surface area contributed by atoms with Crippen LogP contribution in [0.3, 0.4) is 0 Å². The van der Waals surface area contributed by atoms with Crippen molar-refractivity contribution >= 4 is 11.8 Å². The van der Waals surface area contributed by atoms with E-state index >= 15 is 0 Å². The maximum atomic E-state index is 8.65. The Morgan fingerprint density at radius 1 is 1.57 bits per heavy atom. The van der Waals surface area contributed by atoms with E-state index in [1.165, 1.54) is 0 Å². The van der Waals surface area contributed by atoms with Gasteiger partial charge in [-0.05, 0) is 5.92 Å². The Balaban J connectivity index is 2.45. The van der Waals surface area contributed by atoms with Gasteiger partial charge >= 0.3 is 0 Å². The van der Waals surface area contributed by atoms with Crippen LogP contribution < -0.4 is 0 Å². The highest BCUT2D eigenvalue weighted by atomic mass is 32.2. The highest BCUT2D eigenvalue weighted by molar-refractivity contribution is 7.98. The van der Waals surface area contributed by atoms with E-state index in [1.54, 1.807) is 18.1 Å². The molecular weight excluding hydrogens is 198 g/mol. The molecule has 0 atom stereocenters. The van der Waals surface area contributed by atoms with Crippen molar-refractivity contribution in [1.29, 1.82) is 0 Å². The van der Waals surface area contributed by atoms with Gasteiger partial charge < -0.3 is 5.11 Å². The van der Waals surface area contributed by atoms with Gasteiger partial charge in [-0.2, -0.15) is 16.9 Å². The molecule has 1 heterocycles. The lowest BCUT2D eigenvalue weighted by Gasteiger charge is -2.07. The van der Waals surface area contributed by atoms with E-state index < -0.39 is 0 Å². The van der Waals surface area contributed by atoms with Crippen LogP contribution in [0.15, 0.2) is 6.33 Å². The van der Waals surface area contributed by atoms with Crippen LogP contribution in [-0.4, -0.2) is 32.2 Å². The maximum absolute atomic E-state index is 8.65. The minimum Gasteiger partial charge on any atom is -0.396 e. The third-order valence-corrected chi connectivity index (χ3v) is 2.63. The summed E-state index contributed by atoms with van der Waals surface area (Å²) in [7, 11) is 0. The lowest BCUT2D eigenvalue weighted by atomic mass is 10.2. The predicted molar refractivity (Wildman–Crippen MR) is 58.1 cm³/mol. The molecule has 14 heavy (non-hydrogen) atoms. The molecule has 0 aliphatic heterocycles. The molecule has 1 aromatic heterocycles. The van der Waals surface area contributed by atoms with Crippen molar-refractivity contribution in [2.75, 3.05) is 12.4 Å². The Hall–Kier alpha value is -0.550. The number of rotatable bonds is 6. The molecule has 4 nitrogen and oxygen atoms in total. The number of aliphatic hydroxyl groups is 1. The summed E-state index contributed by atoms with van der Waals surface area (Å²) in [6, 6.07) is 0. The molecule has 0 saturated heterocycles. The van der Waals surface area contributed by atoms with Gasteiger partial charge in [0.05, 0.1) is 12.4 Å². The van der Waals surface area contributed by atoms with Gasteiger partial charge in [0.1, 0.15) is 12.2 Å². The monoisotopic (exact) mass is 215 g/mol. The van der Waals surface area contributed by atoms with Crippen LogP contribution in [0.25, 0.3) is 0 Å². The molecule has 0 spiro atoms. The van der Waals surface area contributed by atoms with Gasteiger partial charge in [-0.25, -0.2) is 9.67 Å². The third-order valence-electron chi connectivity index (χ3n) is 1.70. The van der Waals surface area contributed by atoms with Crippen LogP contribution in [-0.2, 0) is 12.3 Å². The zero-order valence-corrected chi connectivity index (χ0v) is 9.50. The van der Waals surface area contributed by atoms with Gasteiger partial charge in [-0.3, -0.25) is 0 Å². The number of hydrogen-bond donors (Lipinski definition) is 1. The fraction of sp³-hybridized carbons (Fsp3) is 0.778. The van der Waals surface area contributed by atoms with Crippen LogP contribution in [0.5, 0.6) is 0 Å². The van der Waals surface area contributed by atoms with E-state index in [0.717, 1.165) is 23.9 Å². The second-order valence-corrected chi connectivity index (χ2v) is 4.63. The van der Waals surface area contributed by atoms with Gasteiger partial charge in [0.15, 0.2) is 0 Å². The molecule has 0 amide bonds. The standard InChI is InChI=1S/C9H17N3OS/c1-8(2)5-12-9(10-7-11-12)6-14-4-3-13/h7-8,13H,3-6H2,1-2H3. The Labute approximate surface area is 88.7 Å². The van der Waals surface area contributed by atoms with Crippen LogP contribution in [0.2, 0.25) is 0 Å². The minimum absolute atomic E-state index is 0.225. The Morgan fingerprint density at radius 2 is 2.36 bits per heavy atom. The molecule has 0 aromatic carbocycles. The van der Waals surface area contributed by atoms with Gasteiger partial charge in [0, 0.05) is 12.3 Å². The number of nitrogens with zero attached hydrogens (tertiary/aromatic N) is 3. The summed E-state index contributed by atoms with van der Waals surface area (Å²) >= 11 is 1.68. The second kappa shape index (κ2) is 6.03. The van der Waals surface area contributed by atoms with Crippen LogP contribution in [0, 0.1) is 5.92 Å². The van der Waals surface area contributed by atoms with E-state index in [4.69, 9.17) is 5.11 Å². The summed E-state index contributed by atoms with van der Waals surface area (Å²) in [5, 5.41) is 12.8. The average Bonchev–Trinajstić information content (AvgIpc) is 2.52. The highest BCUT2D eigenvalue weighted by Gasteiger charge is 2.05. The van der Waals surface area contributed by atoms with Crippen molar-refractivity contribution in [3.63, 3.8) is 0 Å². The number of thioether (sulfide) groups is 1. The fourth-order valence-electron chi connectivity index (χ4n) is 1.13. The van der Waals surface area contributed by atoms with Gasteiger partial charge in [0.25, 0.3) is 0 Å². The minimum atomic E-state index is 0.225. The van der Waals surface area contributed by atoms with Crippen molar-refractivity contribution in [3.8, 4) is 0 Å². The number of aliphatic hydroxyl groups excluding tert-OH is 1. The average molecular weight is 215 g/mol. The molecule has 0 saturated carbocycles. The highest BCUT2D eigenvalue weighted by Crippen LogP contribution is 2.10. The summed E-state index contributed by atoms with van der Waals surface area (Å²) in [5.41, 5.74) is 0. The molecule has 1 aromatic rings. The van der Waals surface area contributed by atoms with E-state index in [0.29, 0.717) is 5.92 Å². The largest absolute Gasteiger partial charge is 0.396 e. The lowest BCUT2D eigenvalue weighted by Crippen LogP contribution is -2.09. The molecule has 1 N–H and O–H groups in total. The predicted octanol–water partition coefficient (Wildman–Crippen LogP) is 1.16. The SMILES string of the molecule is CC(C)Cn1ncnc1CSCCO. The quantitative estimate of drug-likeness (QED) is 0.723. The molecule has 0 unspecified atom stereocenters. The first-order valence-corrected chi connectivity index (χ1v) is 5.94. The Bertz CT molecular complexity index is 262.